The second-order valence-corrected chi connectivity index (χ2v) is 5.40. The Bertz CT molecular complexity index is 528. The van der Waals surface area contributed by atoms with Crippen LogP contribution >= 0.6 is 11.8 Å². The minimum Gasteiger partial charge on any atom is -0.313 e. The Morgan fingerprint density at radius 2 is 1.68 bits per heavy atom. The van der Waals surface area contributed by atoms with Gasteiger partial charge in [-0.1, -0.05) is 49.0 Å². The summed E-state index contributed by atoms with van der Waals surface area (Å²) in [5, 5.41) is 3.39. The monoisotopic (exact) mass is 275 g/mol. The molecule has 0 aliphatic heterocycles. The van der Waals surface area contributed by atoms with E-state index in [-0.39, 0.29) is 5.82 Å². The largest absolute Gasteiger partial charge is 0.313 e. The average molecular weight is 275 g/mol. The van der Waals surface area contributed by atoms with Crippen LogP contribution < -0.4 is 5.32 Å². The highest BCUT2D eigenvalue weighted by Crippen LogP contribution is 2.31. The van der Waals surface area contributed by atoms with Gasteiger partial charge in [0.2, 0.25) is 0 Å². The maximum atomic E-state index is 13.7. The van der Waals surface area contributed by atoms with E-state index in [9.17, 15) is 4.39 Å². The summed E-state index contributed by atoms with van der Waals surface area (Å²) in [4.78, 5) is 1.78. The number of hydrogen-bond acceptors (Lipinski definition) is 2. The fourth-order valence-electron chi connectivity index (χ4n) is 1.80. The molecule has 1 N–H and O–H groups in total. The molecule has 0 unspecified atom stereocenters. The summed E-state index contributed by atoms with van der Waals surface area (Å²) < 4.78 is 13.7. The SMILES string of the molecule is CCCNCc1ccccc1Sc1ccccc1F. The van der Waals surface area contributed by atoms with Crippen molar-refractivity contribution >= 4 is 11.8 Å². The summed E-state index contributed by atoms with van der Waals surface area (Å²) in [7, 11) is 0. The summed E-state index contributed by atoms with van der Waals surface area (Å²) in [6.07, 6.45) is 1.11. The van der Waals surface area contributed by atoms with Gasteiger partial charge in [-0.3, -0.25) is 0 Å². The molecule has 2 rings (SSSR count). The first kappa shape index (κ1) is 14.1. The highest BCUT2D eigenvalue weighted by atomic mass is 32.2. The predicted molar refractivity (Wildman–Crippen MR) is 79.0 cm³/mol. The van der Waals surface area contributed by atoms with Gasteiger partial charge in [-0.2, -0.15) is 0 Å². The van der Waals surface area contributed by atoms with Crippen molar-refractivity contribution in [3.8, 4) is 0 Å². The molecule has 0 heterocycles. The zero-order valence-corrected chi connectivity index (χ0v) is 11.8. The molecule has 2 aromatic carbocycles. The molecule has 0 radical (unpaired) electrons. The third-order valence-corrected chi connectivity index (χ3v) is 3.94. The number of benzene rings is 2. The van der Waals surface area contributed by atoms with E-state index in [1.165, 1.54) is 23.4 Å². The van der Waals surface area contributed by atoms with E-state index >= 15 is 0 Å². The Kier molecular flexibility index (Phi) is 5.43. The van der Waals surface area contributed by atoms with Crippen LogP contribution in [0.15, 0.2) is 58.3 Å². The minimum absolute atomic E-state index is 0.163. The predicted octanol–water partition coefficient (Wildman–Crippen LogP) is 4.48. The highest BCUT2D eigenvalue weighted by molar-refractivity contribution is 7.99. The molecule has 100 valence electrons. The highest BCUT2D eigenvalue weighted by Gasteiger charge is 2.06. The standard InChI is InChI=1S/C16H18FNS/c1-2-11-18-12-13-7-3-5-9-15(13)19-16-10-6-4-8-14(16)17/h3-10,18H,2,11-12H2,1H3. The van der Waals surface area contributed by atoms with Gasteiger partial charge in [-0.05, 0) is 36.7 Å². The van der Waals surface area contributed by atoms with E-state index in [1.807, 2.05) is 30.3 Å². The van der Waals surface area contributed by atoms with E-state index in [4.69, 9.17) is 0 Å². The second kappa shape index (κ2) is 7.31. The Hall–Kier alpha value is -1.32. The van der Waals surface area contributed by atoms with Gasteiger partial charge < -0.3 is 5.32 Å². The van der Waals surface area contributed by atoms with E-state index in [0.717, 1.165) is 24.4 Å². The molecule has 0 amide bonds. The van der Waals surface area contributed by atoms with Crippen LogP contribution in [0, 0.1) is 5.82 Å². The van der Waals surface area contributed by atoms with Gasteiger partial charge in [0.15, 0.2) is 0 Å². The molecule has 1 nitrogen and oxygen atoms in total. The molecule has 0 fully saturated rings. The van der Waals surface area contributed by atoms with E-state index in [0.29, 0.717) is 4.90 Å². The third-order valence-electron chi connectivity index (χ3n) is 2.77. The van der Waals surface area contributed by atoms with Gasteiger partial charge in [-0.15, -0.1) is 0 Å². The quantitative estimate of drug-likeness (QED) is 0.780. The first-order valence-electron chi connectivity index (χ1n) is 6.52. The van der Waals surface area contributed by atoms with Crippen molar-refractivity contribution in [1.82, 2.24) is 5.32 Å². The zero-order chi connectivity index (χ0) is 13.5. The van der Waals surface area contributed by atoms with Crippen molar-refractivity contribution in [3.05, 3.63) is 59.9 Å². The maximum absolute atomic E-state index is 13.7. The van der Waals surface area contributed by atoms with Crippen LogP contribution in [0.4, 0.5) is 4.39 Å². The van der Waals surface area contributed by atoms with Crippen molar-refractivity contribution in [1.29, 1.82) is 0 Å². The summed E-state index contributed by atoms with van der Waals surface area (Å²) in [5.41, 5.74) is 1.21. The zero-order valence-electron chi connectivity index (χ0n) is 11.0. The van der Waals surface area contributed by atoms with Crippen molar-refractivity contribution in [2.24, 2.45) is 0 Å². The number of nitrogens with one attached hydrogen (secondary N) is 1. The second-order valence-electron chi connectivity index (χ2n) is 4.32. The third kappa shape index (κ3) is 4.08. The van der Waals surface area contributed by atoms with Crippen LogP contribution in [-0.2, 0) is 6.54 Å². The van der Waals surface area contributed by atoms with Crippen molar-refractivity contribution in [2.75, 3.05) is 6.54 Å². The summed E-state index contributed by atoms with van der Waals surface area (Å²) in [5.74, 6) is -0.163. The first-order chi connectivity index (χ1) is 9.31. The van der Waals surface area contributed by atoms with Gasteiger partial charge >= 0.3 is 0 Å². The number of halogens is 1. The van der Waals surface area contributed by atoms with Crippen LogP contribution in [0.5, 0.6) is 0 Å². The number of rotatable bonds is 6. The Balaban J connectivity index is 2.13. The van der Waals surface area contributed by atoms with Gasteiger partial charge in [0, 0.05) is 16.3 Å². The topological polar surface area (TPSA) is 12.0 Å². The van der Waals surface area contributed by atoms with Crippen LogP contribution in [0.3, 0.4) is 0 Å². The molecule has 0 bridgehead atoms. The van der Waals surface area contributed by atoms with E-state index in [1.54, 1.807) is 6.07 Å². The van der Waals surface area contributed by atoms with Gasteiger partial charge in [0.25, 0.3) is 0 Å². The molecule has 0 atom stereocenters. The van der Waals surface area contributed by atoms with Gasteiger partial charge in [0.1, 0.15) is 5.82 Å². The molecular weight excluding hydrogens is 257 g/mol. The fraction of sp³-hybridized carbons (Fsp3) is 0.250. The van der Waals surface area contributed by atoms with Crippen LogP contribution in [0.25, 0.3) is 0 Å². The molecule has 0 saturated heterocycles. The molecule has 0 saturated carbocycles. The summed E-state index contributed by atoms with van der Waals surface area (Å²) >= 11 is 1.48. The Morgan fingerprint density at radius 1 is 1.00 bits per heavy atom. The van der Waals surface area contributed by atoms with Crippen molar-refractivity contribution < 1.29 is 4.39 Å². The van der Waals surface area contributed by atoms with Crippen LogP contribution in [0.1, 0.15) is 18.9 Å². The molecule has 0 aromatic heterocycles. The normalized spacial score (nSPS) is 10.6. The molecule has 2 aromatic rings. The molecule has 3 heteroatoms. The molecule has 19 heavy (non-hydrogen) atoms. The molecule has 0 spiro atoms. The lowest BCUT2D eigenvalue weighted by Gasteiger charge is -2.10. The lowest BCUT2D eigenvalue weighted by molar-refractivity contribution is 0.602. The van der Waals surface area contributed by atoms with E-state index in [2.05, 4.69) is 18.3 Å². The van der Waals surface area contributed by atoms with Crippen LogP contribution in [0.2, 0.25) is 0 Å². The van der Waals surface area contributed by atoms with Gasteiger partial charge in [0.05, 0.1) is 0 Å². The smallest absolute Gasteiger partial charge is 0.137 e. The van der Waals surface area contributed by atoms with E-state index < -0.39 is 0 Å². The van der Waals surface area contributed by atoms with Crippen LogP contribution in [-0.4, -0.2) is 6.54 Å². The first-order valence-corrected chi connectivity index (χ1v) is 7.34. The molecule has 0 aliphatic rings. The Labute approximate surface area is 118 Å². The fourth-order valence-corrected chi connectivity index (χ4v) is 2.76. The Morgan fingerprint density at radius 3 is 2.42 bits per heavy atom. The van der Waals surface area contributed by atoms with Crippen molar-refractivity contribution in [3.63, 3.8) is 0 Å². The maximum Gasteiger partial charge on any atom is 0.137 e. The lowest BCUT2D eigenvalue weighted by atomic mass is 10.2. The minimum atomic E-state index is -0.163. The molecule has 0 aliphatic carbocycles. The lowest BCUT2D eigenvalue weighted by Crippen LogP contribution is -2.14. The summed E-state index contributed by atoms with van der Waals surface area (Å²) in [6.45, 7) is 3.97. The number of hydrogen-bond donors (Lipinski definition) is 1. The average Bonchev–Trinajstić information content (AvgIpc) is 2.43. The van der Waals surface area contributed by atoms with Gasteiger partial charge in [-0.25, -0.2) is 4.39 Å². The molecular formula is C16H18FNS. The summed E-state index contributed by atoms with van der Waals surface area (Å²) in [6, 6.07) is 15.0. The van der Waals surface area contributed by atoms with Crippen molar-refractivity contribution in [2.45, 2.75) is 29.7 Å².